The molecule has 0 saturated carbocycles. The first-order valence-corrected chi connectivity index (χ1v) is 8.16. The van der Waals surface area contributed by atoms with Gasteiger partial charge in [0.25, 0.3) is 0 Å². The minimum atomic E-state index is -3.54. The lowest BCUT2D eigenvalue weighted by Gasteiger charge is -2.33. The van der Waals surface area contributed by atoms with Crippen LogP contribution in [0, 0.1) is 20.8 Å². The monoisotopic (exact) mass is 298 g/mol. The van der Waals surface area contributed by atoms with Gasteiger partial charge in [0.05, 0.1) is 18.1 Å². The van der Waals surface area contributed by atoms with Gasteiger partial charge >= 0.3 is 0 Å². The number of hydrogen-bond donors (Lipinski definition) is 1. The summed E-state index contributed by atoms with van der Waals surface area (Å²) in [5.74, 6) is 0. The molecular formula is C14H22N2O3S. The maximum Gasteiger partial charge on any atom is 0.244 e. The van der Waals surface area contributed by atoms with Crippen molar-refractivity contribution in [2.24, 2.45) is 0 Å². The van der Waals surface area contributed by atoms with Crippen LogP contribution >= 0.6 is 0 Å². The molecule has 0 radical (unpaired) electrons. The summed E-state index contributed by atoms with van der Waals surface area (Å²) in [6.45, 7) is 8.59. The fourth-order valence-corrected chi connectivity index (χ4v) is 4.75. The molecule has 1 aliphatic heterocycles. The zero-order valence-electron chi connectivity index (χ0n) is 12.4. The van der Waals surface area contributed by atoms with Gasteiger partial charge in [-0.1, -0.05) is 0 Å². The quantitative estimate of drug-likeness (QED) is 0.842. The second-order valence-corrected chi connectivity index (χ2v) is 7.23. The van der Waals surface area contributed by atoms with Crippen molar-refractivity contribution in [3.05, 3.63) is 22.8 Å². The molecule has 0 spiro atoms. The van der Waals surface area contributed by atoms with Gasteiger partial charge < -0.3 is 10.5 Å². The van der Waals surface area contributed by atoms with Crippen molar-refractivity contribution < 1.29 is 13.2 Å². The molecule has 20 heavy (non-hydrogen) atoms. The number of nitrogens with two attached hydrogens (primary N) is 1. The van der Waals surface area contributed by atoms with E-state index in [0.29, 0.717) is 35.9 Å². The molecule has 0 bridgehead atoms. The lowest BCUT2D eigenvalue weighted by molar-refractivity contribution is 0.0392. The summed E-state index contributed by atoms with van der Waals surface area (Å²) in [6.07, 6.45) is 0. The minimum absolute atomic E-state index is 0.158. The van der Waals surface area contributed by atoms with Gasteiger partial charge in [-0.2, -0.15) is 4.31 Å². The van der Waals surface area contributed by atoms with Crippen molar-refractivity contribution in [2.45, 2.75) is 38.6 Å². The second-order valence-electron chi connectivity index (χ2n) is 5.40. The molecule has 1 atom stereocenters. The topological polar surface area (TPSA) is 72.6 Å². The van der Waals surface area contributed by atoms with E-state index in [2.05, 4.69) is 0 Å². The van der Waals surface area contributed by atoms with E-state index in [9.17, 15) is 8.42 Å². The molecule has 0 amide bonds. The van der Waals surface area contributed by atoms with Gasteiger partial charge in [-0.3, -0.25) is 0 Å². The second kappa shape index (κ2) is 5.35. The highest BCUT2D eigenvalue weighted by Gasteiger charge is 2.34. The lowest BCUT2D eigenvalue weighted by Crippen LogP contribution is -2.47. The molecule has 6 heteroatoms. The number of aryl methyl sites for hydroxylation is 1. The Morgan fingerprint density at radius 1 is 1.30 bits per heavy atom. The van der Waals surface area contributed by atoms with Gasteiger partial charge in [0.1, 0.15) is 0 Å². The Bertz CT molecular complexity index is 600. The van der Waals surface area contributed by atoms with E-state index in [1.54, 1.807) is 6.92 Å². The summed E-state index contributed by atoms with van der Waals surface area (Å²) < 4.78 is 32.8. The summed E-state index contributed by atoms with van der Waals surface area (Å²) in [4.78, 5) is 0.351. The van der Waals surface area contributed by atoms with Crippen LogP contribution in [0.15, 0.2) is 11.0 Å². The van der Waals surface area contributed by atoms with Gasteiger partial charge in [-0.05, 0) is 50.5 Å². The van der Waals surface area contributed by atoms with E-state index >= 15 is 0 Å². The third-order valence-electron chi connectivity index (χ3n) is 3.95. The molecule has 1 heterocycles. The summed E-state index contributed by atoms with van der Waals surface area (Å²) in [5.41, 5.74) is 8.77. The molecule has 1 aromatic rings. The van der Waals surface area contributed by atoms with Gasteiger partial charge in [0, 0.05) is 18.3 Å². The zero-order valence-corrected chi connectivity index (χ0v) is 13.3. The number of nitrogen functional groups attached to an aromatic ring is 1. The Kier molecular flexibility index (Phi) is 4.09. The number of nitrogens with zero attached hydrogens (tertiary/aromatic N) is 1. The molecular weight excluding hydrogens is 276 g/mol. The third kappa shape index (κ3) is 2.43. The van der Waals surface area contributed by atoms with Crippen molar-refractivity contribution in [3.8, 4) is 0 Å². The van der Waals surface area contributed by atoms with Crippen LogP contribution in [0.5, 0.6) is 0 Å². The van der Waals surface area contributed by atoms with Crippen LogP contribution in [0.1, 0.15) is 23.6 Å². The molecule has 2 N–H and O–H groups in total. The van der Waals surface area contributed by atoms with E-state index in [1.165, 1.54) is 4.31 Å². The number of morpholine rings is 1. The average Bonchev–Trinajstić information content (AvgIpc) is 2.36. The van der Waals surface area contributed by atoms with Crippen LogP contribution in [-0.2, 0) is 14.8 Å². The Balaban J connectivity index is 2.60. The number of ether oxygens (including phenoxy) is 1. The van der Waals surface area contributed by atoms with E-state index in [-0.39, 0.29) is 6.04 Å². The predicted octanol–water partition coefficient (Wildman–Crippen LogP) is 1.60. The summed E-state index contributed by atoms with van der Waals surface area (Å²) in [5, 5.41) is 0. The molecule has 1 saturated heterocycles. The van der Waals surface area contributed by atoms with Crippen LogP contribution in [0.2, 0.25) is 0 Å². The van der Waals surface area contributed by atoms with Crippen LogP contribution in [-0.4, -0.2) is 38.5 Å². The third-order valence-corrected chi connectivity index (χ3v) is 6.24. The Labute approximate surface area is 120 Å². The van der Waals surface area contributed by atoms with E-state index < -0.39 is 10.0 Å². The first-order valence-electron chi connectivity index (χ1n) is 6.72. The van der Waals surface area contributed by atoms with Crippen molar-refractivity contribution in [3.63, 3.8) is 0 Å². The van der Waals surface area contributed by atoms with Gasteiger partial charge in [-0.25, -0.2) is 8.42 Å². The Morgan fingerprint density at radius 2 is 1.95 bits per heavy atom. The van der Waals surface area contributed by atoms with Crippen molar-refractivity contribution >= 4 is 15.7 Å². The van der Waals surface area contributed by atoms with Crippen LogP contribution in [0.3, 0.4) is 0 Å². The molecule has 1 aliphatic rings. The molecule has 0 aliphatic carbocycles. The largest absolute Gasteiger partial charge is 0.398 e. The standard InChI is InChI=1S/C14H22N2O3S/c1-9-7-13(15)12(4)14(11(9)3)20(17,18)16-5-6-19-8-10(16)2/h7,10H,5-6,8,15H2,1-4H3/t10-/m1/s1. The number of sulfonamides is 1. The lowest BCUT2D eigenvalue weighted by atomic mass is 10.1. The van der Waals surface area contributed by atoms with E-state index in [1.807, 2.05) is 26.8 Å². The molecule has 0 unspecified atom stereocenters. The SMILES string of the molecule is Cc1cc(N)c(C)c(S(=O)(=O)N2CCOC[C@H]2C)c1C. The number of rotatable bonds is 2. The fourth-order valence-electron chi connectivity index (χ4n) is 2.61. The predicted molar refractivity (Wildman–Crippen MR) is 79.2 cm³/mol. The van der Waals surface area contributed by atoms with Crippen molar-refractivity contribution in [2.75, 3.05) is 25.5 Å². The Hall–Kier alpha value is -1.11. The number of anilines is 1. The zero-order chi connectivity index (χ0) is 15.1. The number of benzene rings is 1. The average molecular weight is 298 g/mol. The highest BCUT2D eigenvalue weighted by atomic mass is 32.2. The smallest absolute Gasteiger partial charge is 0.244 e. The molecule has 1 fully saturated rings. The van der Waals surface area contributed by atoms with E-state index in [0.717, 1.165) is 11.1 Å². The Morgan fingerprint density at radius 3 is 2.55 bits per heavy atom. The number of hydrogen-bond acceptors (Lipinski definition) is 4. The van der Waals surface area contributed by atoms with Crippen LogP contribution < -0.4 is 5.73 Å². The molecule has 1 aromatic carbocycles. The highest BCUT2D eigenvalue weighted by molar-refractivity contribution is 7.89. The summed E-state index contributed by atoms with van der Waals surface area (Å²) in [6, 6.07) is 1.67. The normalized spacial score (nSPS) is 21.1. The maximum absolute atomic E-state index is 13.0. The summed E-state index contributed by atoms with van der Waals surface area (Å²) >= 11 is 0. The maximum atomic E-state index is 13.0. The molecule has 2 rings (SSSR count). The molecule has 112 valence electrons. The highest BCUT2D eigenvalue weighted by Crippen LogP contribution is 2.31. The van der Waals surface area contributed by atoms with Crippen LogP contribution in [0.4, 0.5) is 5.69 Å². The van der Waals surface area contributed by atoms with Crippen molar-refractivity contribution in [1.29, 1.82) is 0 Å². The van der Waals surface area contributed by atoms with Gasteiger partial charge in [0.2, 0.25) is 10.0 Å². The fraction of sp³-hybridized carbons (Fsp3) is 0.571. The molecule has 5 nitrogen and oxygen atoms in total. The first-order chi connectivity index (χ1) is 9.26. The van der Waals surface area contributed by atoms with E-state index in [4.69, 9.17) is 10.5 Å². The summed E-state index contributed by atoms with van der Waals surface area (Å²) in [7, 11) is -3.54. The first kappa shape index (κ1) is 15.3. The van der Waals surface area contributed by atoms with Crippen molar-refractivity contribution in [1.82, 2.24) is 4.31 Å². The van der Waals surface area contributed by atoms with Crippen LogP contribution in [0.25, 0.3) is 0 Å². The minimum Gasteiger partial charge on any atom is -0.398 e. The van der Waals surface area contributed by atoms with Gasteiger partial charge in [0.15, 0.2) is 0 Å². The molecule has 0 aromatic heterocycles. The van der Waals surface area contributed by atoms with Gasteiger partial charge in [-0.15, -0.1) is 0 Å².